The molecule has 0 aliphatic heterocycles. The number of H-pyrrole nitrogens is 1. The Bertz CT molecular complexity index is 712. The molecule has 0 atom stereocenters. The Labute approximate surface area is 125 Å². The first-order valence-corrected chi connectivity index (χ1v) is 8.13. The lowest BCUT2D eigenvalue weighted by molar-refractivity contribution is 0.415. The largest absolute Gasteiger partial charge is 0.497 e. The number of hydrogen-bond donors (Lipinski definition) is 2. The molecule has 0 unspecified atom stereocenters. The third-order valence-corrected chi connectivity index (χ3v) is 4.34. The number of imidazole rings is 1. The maximum Gasteiger partial charge on any atom is 0.278 e. The zero-order valence-electron chi connectivity index (χ0n) is 11.0. The number of aryl methyl sites for hydroxylation is 1. The summed E-state index contributed by atoms with van der Waals surface area (Å²) in [6.07, 6.45) is 1.94. The topological polar surface area (TPSA) is 84.1 Å². The summed E-state index contributed by atoms with van der Waals surface area (Å²) in [5, 5.41) is 0.0355. The van der Waals surface area contributed by atoms with Gasteiger partial charge in [-0.05, 0) is 12.1 Å². The molecule has 2 aromatic rings. The van der Waals surface area contributed by atoms with E-state index in [9.17, 15) is 8.42 Å². The quantitative estimate of drug-likeness (QED) is 0.858. The van der Waals surface area contributed by atoms with E-state index in [0.29, 0.717) is 28.2 Å². The number of rotatable bonds is 5. The molecule has 0 bridgehead atoms. The van der Waals surface area contributed by atoms with Crippen molar-refractivity contribution in [2.45, 2.75) is 18.4 Å². The van der Waals surface area contributed by atoms with Gasteiger partial charge < -0.3 is 9.72 Å². The number of aromatic nitrogens is 2. The maximum atomic E-state index is 12.2. The average Bonchev–Trinajstić information content (AvgIpc) is 2.87. The molecule has 0 radical (unpaired) electrons. The van der Waals surface area contributed by atoms with Crippen LogP contribution in [0.25, 0.3) is 0 Å². The minimum atomic E-state index is -3.69. The summed E-state index contributed by atoms with van der Waals surface area (Å²) in [5.41, 5.74) is 0.406. The SMILES string of the molecule is CCc1ncc(S(=O)(=O)Nc2cc(Br)cc(OC)c2)[nH]1. The van der Waals surface area contributed by atoms with E-state index in [0.717, 1.165) is 0 Å². The number of benzene rings is 1. The van der Waals surface area contributed by atoms with Crippen molar-refractivity contribution >= 4 is 31.6 Å². The highest BCUT2D eigenvalue weighted by atomic mass is 79.9. The Morgan fingerprint density at radius 3 is 2.75 bits per heavy atom. The lowest BCUT2D eigenvalue weighted by Crippen LogP contribution is -2.13. The van der Waals surface area contributed by atoms with Crippen LogP contribution in [0.2, 0.25) is 0 Å². The molecule has 2 rings (SSSR count). The summed E-state index contributed by atoms with van der Waals surface area (Å²) in [6.45, 7) is 1.89. The summed E-state index contributed by atoms with van der Waals surface area (Å²) in [6, 6.07) is 4.99. The first kappa shape index (κ1) is 14.9. The molecule has 1 aromatic heterocycles. The predicted octanol–water partition coefficient (Wildman–Crippen LogP) is 2.54. The Morgan fingerprint density at radius 1 is 1.40 bits per heavy atom. The van der Waals surface area contributed by atoms with E-state index in [-0.39, 0.29) is 5.03 Å². The molecule has 2 N–H and O–H groups in total. The van der Waals surface area contributed by atoms with Gasteiger partial charge in [-0.15, -0.1) is 0 Å². The van der Waals surface area contributed by atoms with Gasteiger partial charge in [-0.1, -0.05) is 22.9 Å². The van der Waals surface area contributed by atoms with Gasteiger partial charge >= 0.3 is 0 Å². The number of sulfonamides is 1. The van der Waals surface area contributed by atoms with Crippen molar-refractivity contribution in [3.8, 4) is 5.75 Å². The van der Waals surface area contributed by atoms with Crippen LogP contribution in [-0.2, 0) is 16.4 Å². The van der Waals surface area contributed by atoms with E-state index in [1.807, 2.05) is 6.92 Å². The van der Waals surface area contributed by atoms with E-state index in [1.165, 1.54) is 13.3 Å². The second-order valence-electron chi connectivity index (χ2n) is 4.03. The fourth-order valence-corrected chi connectivity index (χ4v) is 3.06. The van der Waals surface area contributed by atoms with Gasteiger partial charge in [0.15, 0.2) is 5.03 Å². The average molecular weight is 360 g/mol. The summed E-state index contributed by atoms with van der Waals surface area (Å²) in [4.78, 5) is 6.75. The Kier molecular flexibility index (Phi) is 4.34. The number of ether oxygens (including phenoxy) is 1. The number of aromatic amines is 1. The van der Waals surface area contributed by atoms with Gasteiger partial charge in [0.1, 0.15) is 11.6 Å². The van der Waals surface area contributed by atoms with Crippen LogP contribution in [0.3, 0.4) is 0 Å². The molecule has 0 saturated heterocycles. The van der Waals surface area contributed by atoms with Crippen LogP contribution in [0.1, 0.15) is 12.7 Å². The molecule has 0 aliphatic rings. The molecule has 0 spiro atoms. The minimum absolute atomic E-state index is 0.0355. The van der Waals surface area contributed by atoms with Crippen LogP contribution >= 0.6 is 15.9 Å². The molecule has 8 heteroatoms. The van der Waals surface area contributed by atoms with Crippen LogP contribution in [0.4, 0.5) is 5.69 Å². The molecule has 0 aliphatic carbocycles. The number of nitrogens with zero attached hydrogens (tertiary/aromatic N) is 1. The lowest BCUT2D eigenvalue weighted by Gasteiger charge is -2.08. The van der Waals surface area contributed by atoms with E-state index in [4.69, 9.17) is 4.74 Å². The standard InChI is InChI=1S/C12H14BrN3O3S/c1-3-11-14-7-12(15-11)20(17,18)16-9-4-8(13)5-10(6-9)19-2/h4-7,16H,3H2,1-2H3,(H,14,15). The molecule has 6 nitrogen and oxygen atoms in total. The van der Waals surface area contributed by atoms with E-state index in [1.54, 1.807) is 18.2 Å². The first-order valence-electron chi connectivity index (χ1n) is 5.86. The second-order valence-corrected chi connectivity index (χ2v) is 6.60. The van der Waals surface area contributed by atoms with Gasteiger partial charge in [0.2, 0.25) is 0 Å². The number of anilines is 1. The Morgan fingerprint density at radius 2 is 2.15 bits per heavy atom. The van der Waals surface area contributed by atoms with Crippen LogP contribution in [-0.4, -0.2) is 25.5 Å². The molecule has 108 valence electrons. The van der Waals surface area contributed by atoms with Crippen LogP contribution in [0.5, 0.6) is 5.75 Å². The Hall–Kier alpha value is -1.54. The zero-order valence-corrected chi connectivity index (χ0v) is 13.4. The minimum Gasteiger partial charge on any atom is -0.497 e. The highest BCUT2D eigenvalue weighted by molar-refractivity contribution is 9.10. The first-order chi connectivity index (χ1) is 9.44. The van der Waals surface area contributed by atoms with Crippen LogP contribution in [0.15, 0.2) is 33.9 Å². The molecule has 0 fully saturated rings. The summed E-state index contributed by atoms with van der Waals surface area (Å²) in [5.74, 6) is 1.17. The van der Waals surface area contributed by atoms with Gasteiger partial charge in [-0.3, -0.25) is 4.72 Å². The van der Waals surface area contributed by atoms with Gasteiger partial charge in [0.25, 0.3) is 10.0 Å². The molecule has 1 heterocycles. The fourth-order valence-electron chi connectivity index (χ4n) is 1.61. The van der Waals surface area contributed by atoms with Crippen molar-refractivity contribution in [2.75, 3.05) is 11.8 Å². The zero-order chi connectivity index (χ0) is 14.8. The third kappa shape index (κ3) is 3.31. The maximum absolute atomic E-state index is 12.2. The van der Waals surface area contributed by atoms with Crippen LogP contribution in [0, 0.1) is 0 Å². The summed E-state index contributed by atoms with van der Waals surface area (Å²) in [7, 11) is -2.17. The number of halogens is 1. The molecule has 0 amide bonds. The van der Waals surface area contributed by atoms with Crippen molar-refractivity contribution < 1.29 is 13.2 Å². The van der Waals surface area contributed by atoms with Gasteiger partial charge in [-0.25, -0.2) is 4.98 Å². The van der Waals surface area contributed by atoms with Gasteiger partial charge in [-0.2, -0.15) is 8.42 Å². The van der Waals surface area contributed by atoms with Crippen molar-refractivity contribution in [3.63, 3.8) is 0 Å². The predicted molar refractivity (Wildman–Crippen MR) is 79.5 cm³/mol. The fraction of sp³-hybridized carbons (Fsp3) is 0.250. The number of nitrogens with one attached hydrogen (secondary N) is 2. The smallest absolute Gasteiger partial charge is 0.278 e. The molecule has 20 heavy (non-hydrogen) atoms. The highest BCUT2D eigenvalue weighted by Gasteiger charge is 2.17. The normalized spacial score (nSPS) is 11.3. The molecular formula is C12H14BrN3O3S. The summed E-state index contributed by atoms with van der Waals surface area (Å²) < 4.78 is 32.7. The highest BCUT2D eigenvalue weighted by Crippen LogP contribution is 2.26. The van der Waals surface area contributed by atoms with Gasteiger partial charge in [0, 0.05) is 17.0 Å². The van der Waals surface area contributed by atoms with Crippen LogP contribution < -0.4 is 9.46 Å². The molecule has 1 aromatic carbocycles. The van der Waals surface area contributed by atoms with Crippen molar-refractivity contribution in [1.82, 2.24) is 9.97 Å². The number of hydrogen-bond acceptors (Lipinski definition) is 4. The van der Waals surface area contributed by atoms with Crippen molar-refractivity contribution in [1.29, 1.82) is 0 Å². The van der Waals surface area contributed by atoms with Gasteiger partial charge in [0.05, 0.1) is 19.0 Å². The van der Waals surface area contributed by atoms with Crippen molar-refractivity contribution in [2.24, 2.45) is 0 Å². The van der Waals surface area contributed by atoms with E-state index < -0.39 is 10.0 Å². The molecule has 0 saturated carbocycles. The van der Waals surface area contributed by atoms with Crippen molar-refractivity contribution in [3.05, 3.63) is 34.7 Å². The number of methoxy groups -OCH3 is 1. The monoisotopic (exact) mass is 359 g/mol. The third-order valence-electron chi connectivity index (χ3n) is 2.59. The summed E-state index contributed by atoms with van der Waals surface area (Å²) >= 11 is 3.30. The Balaban J connectivity index is 2.30. The van der Waals surface area contributed by atoms with E-state index in [2.05, 4.69) is 30.6 Å². The second kappa shape index (κ2) is 5.84. The molecular weight excluding hydrogens is 346 g/mol. The lowest BCUT2D eigenvalue weighted by atomic mass is 10.3. The van der Waals surface area contributed by atoms with E-state index >= 15 is 0 Å².